The fourth-order valence-electron chi connectivity index (χ4n) is 6.28. The molecule has 11 nitrogen and oxygen atoms in total. The molecule has 1 fully saturated rings. The Morgan fingerprint density at radius 2 is 1.24 bits per heavy atom. The summed E-state index contributed by atoms with van der Waals surface area (Å²) < 4.78 is 59.9. The molecule has 1 aliphatic rings. The summed E-state index contributed by atoms with van der Waals surface area (Å²) in [4.78, 5) is 26.4. The first-order chi connectivity index (χ1) is 24.2. The van der Waals surface area contributed by atoms with Gasteiger partial charge in [0.1, 0.15) is 6.04 Å². The van der Waals surface area contributed by atoms with Crippen molar-refractivity contribution in [2.75, 3.05) is 35.8 Å². The van der Waals surface area contributed by atoms with Crippen molar-refractivity contribution < 1.29 is 21.6 Å². The molecular formula is C37H34N6O5S2. The zero-order valence-corrected chi connectivity index (χ0v) is 28.5. The average molecular weight is 707 g/mol. The van der Waals surface area contributed by atoms with Crippen molar-refractivity contribution in [3.63, 3.8) is 0 Å². The van der Waals surface area contributed by atoms with Crippen LogP contribution in [-0.4, -0.2) is 69.8 Å². The number of aromatic nitrogens is 2. The molecule has 0 aliphatic carbocycles. The lowest BCUT2D eigenvalue weighted by atomic mass is 10.0. The van der Waals surface area contributed by atoms with Gasteiger partial charge in [0.25, 0.3) is 10.0 Å². The molecule has 2 N–H and O–H groups in total. The molecule has 0 spiro atoms. The minimum absolute atomic E-state index is 0.0483. The van der Waals surface area contributed by atoms with Gasteiger partial charge in [0, 0.05) is 83.9 Å². The van der Waals surface area contributed by atoms with Gasteiger partial charge in [-0.1, -0.05) is 54.6 Å². The number of anilines is 2. The Labute approximate surface area is 290 Å². The zero-order chi connectivity index (χ0) is 34.7. The van der Waals surface area contributed by atoms with Gasteiger partial charge >= 0.3 is 0 Å². The maximum absolute atomic E-state index is 14.1. The number of nitrogens with zero attached hydrogens (tertiary/aromatic N) is 4. The number of fused-ring (bicyclic) bond motifs is 2. The molecular weight excluding hydrogens is 673 g/mol. The van der Waals surface area contributed by atoms with Crippen LogP contribution in [0.25, 0.3) is 21.5 Å². The second-order valence-electron chi connectivity index (χ2n) is 12.0. The Morgan fingerprint density at radius 3 is 1.84 bits per heavy atom. The predicted molar refractivity (Wildman–Crippen MR) is 194 cm³/mol. The highest BCUT2D eigenvalue weighted by atomic mass is 32.2. The van der Waals surface area contributed by atoms with E-state index in [2.05, 4.69) is 24.3 Å². The minimum Gasteiger partial charge on any atom is -0.368 e. The van der Waals surface area contributed by atoms with E-state index in [-0.39, 0.29) is 22.1 Å². The van der Waals surface area contributed by atoms with Crippen LogP contribution in [0.3, 0.4) is 0 Å². The predicted octanol–water partition coefficient (Wildman–Crippen LogP) is 4.82. The molecule has 0 saturated carbocycles. The van der Waals surface area contributed by atoms with Gasteiger partial charge in [0.05, 0.1) is 9.79 Å². The van der Waals surface area contributed by atoms with Gasteiger partial charge in [-0.3, -0.25) is 19.5 Å². The molecule has 1 atom stereocenters. The number of nitrogens with one attached hydrogen (secondary N) is 2. The average Bonchev–Trinajstić information content (AvgIpc) is 3.14. The summed E-state index contributed by atoms with van der Waals surface area (Å²) in [6.45, 7) is 2.06. The van der Waals surface area contributed by atoms with E-state index in [1.807, 2.05) is 30.3 Å². The van der Waals surface area contributed by atoms with E-state index in [0.717, 1.165) is 5.69 Å². The molecule has 2 aromatic heterocycles. The van der Waals surface area contributed by atoms with Gasteiger partial charge in [-0.25, -0.2) is 16.8 Å². The molecule has 0 radical (unpaired) electrons. The number of benzene rings is 4. The maximum Gasteiger partial charge on any atom is 0.262 e. The summed E-state index contributed by atoms with van der Waals surface area (Å²) in [7, 11) is -8.10. The summed E-state index contributed by atoms with van der Waals surface area (Å²) in [5.74, 6) is -0.335. The first-order valence-corrected chi connectivity index (χ1v) is 19.0. The van der Waals surface area contributed by atoms with Crippen LogP contribution in [0.15, 0.2) is 138 Å². The Morgan fingerprint density at radius 1 is 0.660 bits per heavy atom. The molecule has 254 valence electrons. The number of carbonyl (C=O) groups is 1. The number of para-hydroxylation sites is 1. The number of carbonyl (C=O) groups excluding carboxylic acids is 1. The van der Waals surface area contributed by atoms with Crippen molar-refractivity contribution in [2.45, 2.75) is 22.3 Å². The molecule has 1 aliphatic heterocycles. The number of hydrogen-bond donors (Lipinski definition) is 2. The van der Waals surface area contributed by atoms with Crippen molar-refractivity contribution in [3.8, 4) is 0 Å². The Bertz CT molecular complexity index is 2370. The monoisotopic (exact) mass is 706 g/mol. The lowest BCUT2D eigenvalue weighted by Gasteiger charge is -2.37. The third kappa shape index (κ3) is 7.01. The number of pyridine rings is 2. The zero-order valence-electron chi connectivity index (χ0n) is 26.9. The van der Waals surface area contributed by atoms with Crippen LogP contribution in [0.4, 0.5) is 11.4 Å². The van der Waals surface area contributed by atoms with Gasteiger partial charge in [0.15, 0.2) is 0 Å². The van der Waals surface area contributed by atoms with Crippen molar-refractivity contribution in [3.05, 3.63) is 133 Å². The smallest absolute Gasteiger partial charge is 0.262 e. The van der Waals surface area contributed by atoms with Gasteiger partial charge in [-0.2, -0.15) is 4.72 Å². The number of hydrogen-bond acceptors (Lipinski definition) is 8. The standard InChI is InChI=1S/C37H34N6O5S2/c44-37(43-22-20-42(21-23-43)31-8-2-1-3-9-31)34(41-50(47,48)36-11-5-7-29-26-39-19-17-33(29)36)24-27-12-14-30(15-13-27)40-49(45,46)35-10-4-6-28-25-38-18-16-32(28)35/h1-19,25-26,34,40-41H,20-24H2. The molecule has 7 rings (SSSR count). The van der Waals surface area contributed by atoms with Gasteiger partial charge in [-0.15, -0.1) is 0 Å². The molecule has 3 heterocycles. The SMILES string of the molecule is O=C(C(Cc1ccc(NS(=O)(=O)c2cccc3cnccc23)cc1)NS(=O)(=O)c1cccc2cnccc12)N1CCN(c2ccccc2)CC1. The van der Waals surface area contributed by atoms with Crippen molar-refractivity contribution >= 4 is 58.9 Å². The van der Waals surface area contributed by atoms with Gasteiger partial charge in [-0.05, 0) is 60.5 Å². The topological polar surface area (TPSA) is 142 Å². The van der Waals surface area contributed by atoms with Crippen LogP contribution >= 0.6 is 0 Å². The molecule has 0 bridgehead atoms. The number of amides is 1. The summed E-state index contributed by atoms with van der Waals surface area (Å²) in [6.07, 6.45) is 6.32. The number of piperazine rings is 1. The highest BCUT2D eigenvalue weighted by molar-refractivity contribution is 7.93. The highest BCUT2D eigenvalue weighted by Gasteiger charge is 2.32. The lowest BCUT2D eigenvalue weighted by molar-refractivity contribution is -0.133. The van der Waals surface area contributed by atoms with Crippen LogP contribution < -0.4 is 14.3 Å². The van der Waals surface area contributed by atoms with E-state index in [1.165, 1.54) is 18.3 Å². The molecule has 13 heteroatoms. The van der Waals surface area contributed by atoms with Crippen LogP contribution in [0.1, 0.15) is 5.56 Å². The third-order valence-electron chi connectivity index (χ3n) is 8.81. The number of sulfonamides is 2. The highest BCUT2D eigenvalue weighted by Crippen LogP contribution is 2.26. The molecule has 1 amide bonds. The van der Waals surface area contributed by atoms with Crippen molar-refractivity contribution in [1.82, 2.24) is 19.6 Å². The van der Waals surface area contributed by atoms with E-state index < -0.39 is 26.1 Å². The fourth-order valence-corrected chi connectivity index (χ4v) is 8.99. The first kappa shape index (κ1) is 33.1. The van der Waals surface area contributed by atoms with E-state index >= 15 is 0 Å². The van der Waals surface area contributed by atoms with E-state index in [1.54, 1.807) is 84.2 Å². The molecule has 4 aromatic carbocycles. The minimum atomic E-state index is -4.16. The Hall–Kier alpha value is -5.37. The molecule has 1 saturated heterocycles. The van der Waals surface area contributed by atoms with E-state index in [4.69, 9.17) is 0 Å². The van der Waals surface area contributed by atoms with E-state index in [0.29, 0.717) is 59.0 Å². The van der Waals surface area contributed by atoms with Crippen LogP contribution in [0.2, 0.25) is 0 Å². The Kier molecular flexibility index (Phi) is 9.19. The van der Waals surface area contributed by atoms with Gasteiger partial charge < -0.3 is 9.80 Å². The molecule has 6 aromatic rings. The maximum atomic E-state index is 14.1. The van der Waals surface area contributed by atoms with Crippen molar-refractivity contribution in [2.24, 2.45) is 0 Å². The summed E-state index contributed by atoms with van der Waals surface area (Å²) >= 11 is 0. The second-order valence-corrected chi connectivity index (χ2v) is 15.4. The third-order valence-corrected chi connectivity index (χ3v) is 11.8. The Balaban J connectivity index is 1.13. The van der Waals surface area contributed by atoms with E-state index in [9.17, 15) is 21.6 Å². The normalized spacial score (nSPS) is 14.5. The van der Waals surface area contributed by atoms with Crippen LogP contribution in [0.5, 0.6) is 0 Å². The van der Waals surface area contributed by atoms with Crippen LogP contribution in [-0.2, 0) is 31.3 Å². The van der Waals surface area contributed by atoms with Gasteiger partial charge in [0.2, 0.25) is 15.9 Å². The lowest BCUT2D eigenvalue weighted by Crippen LogP contribution is -2.55. The van der Waals surface area contributed by atoms with Crippen molar-refractivity contribution in [1.29, 1.82) is 0 Å². The molecule has 1 unspecified atom stereocenters. The largest absolute Gasteiger partial charge is 0.368 e. The first-order valence-electron chi connectivity index (χ1n) is 16.1. The van der Waals surface area contributed by atoms with Crippen LogP contribution in [0, 0.1) is 0 Å². The summed E-state index contributed by atoms with van der Waals surface area (Å²) in [6, 6.07) is 28.6. The fraction of sp³-hybridized carbons (Fsp3) is 0.162. The number of rotatable bonds is 10. The second kappa shape index (κ2) is 13.9. The molecule has 50 heavy (non-hydrogen) atoms. The summed E-state index contributed by atoms with van der Waals surface area (Å²) in [5, 5.41) is 2.41. The quantitative estimate of drug-likeness (QED) is 0.207. The summed E-state index contributed by atoms with van der Waals surface area (Å²) in [5.41, 5.74) is 2.04.